The van der Waals surface area contributed by atoms with Gasteiger partial charge in [0.1, 0.15) is 6.54 Å². The van der Waals surface area contributed by atoms with Crippen LogP contribution in [-0.2, 0) is 11.3 Å². The first-order chi connectivity index (χ1) is 13.9. The van der Waals surface area contributed by atoms with E-state index in [2.05, 4.69) is 27.2 Å². The van der Waals surface area contributed by atoms with Crippen LogP contribution in [0.3, 0.4) is 0 Å². The summed E-state index contributed by atoms with van der Waals surface area (Å²) in [4.78, 5) is 31.9. The normalized spacial score (nSPS) is 16.9. The molecule has 8 heteroatoms. The molecule has 1 N–H and O–H groups in total. The predicted octanol–water partition coefficient (Wildman–Crippen LogP) is 2.38. The monoisotopic (exact) mass is 394 g/mol. The van der Waals surface area contributed by atoms with Gasteiger partial charge in [0, 0.05) is 31.2 Å². The Morgan fingerprint density at radius 1 is 1.28 bits per heavy atom. The van der Waals surface area contributed by atoms with Gasteiger partial charge >= 0.3 is 5.69 Å². The molecule has 8 nitrogen and oxygen atoms in total. The quantitative estimate of drug-likeness (QED) is 0.734. The predicted molar refractivity (Wildman–Crippen MR) is 112 cm³/mol. The molecule has 1 aliphatic heterocycles. The Morgan fingerprint density at radius 3 is 2.86 bits per heavy atom. The molecule has 1 saturated heterocycles. The van der Waals surface area contributed by atoms with Gasteiger partial charge < -0.3 is 10.2 Å². The van der Waals surface area contributed by atoms with Crippen LogP contribution in [0.2, 0.25) is 0 Å². The molecule has 2 aromatic heterocycles. The molecule has 0 unspecified atom stereocenters. The van der Waals surface area contributed by atoms with Crippen LogP contribution in [0.25, 0.3) is 5.65 Å². The maximum Gasteiger partial charge on any atom is 0.350 e. The number of benzene rings is 1. The second-order valence-electron chi connectivity index (χ2n) is 7.93. The summed E-state index contributed by atoms with van der Waals surface area (Å²) >= 11 is 0. The van der Waals surface area contributed by atoms with Gasteiger partial charge in [-0.3, -0.25) is 4.79 Å². The average molecular weight is 394 g/mol. The standard InChI is InChI=1S/C21H26N6O2/c1-14-5-4-9-25(12-14)19-20-24-27(21(29)26(20)10-8-22-19)13-18(28)23-17-7-6-15(2)16(3)11-17/h6-8,10-11,14H,4-5,9,12-13H2,1-3H3,(H,23,28)/t14-/m1/s1. The highest BCUT2D eigenvalue weighted by atomic mass is 16.2. The number of fused-ring (bicyclic) bond motifs is 1. The van der Waals surface area contributed by atoms with Crippen LogP contribution < -0.4 is 15.9 Å². The van der Waals surface area contributed by atoms with Crippen molar-refractivity contribution in [2.75, 3.05) is 23.3 Å². The maximum atomic E-state index is 12.8. The van der Waals surface area contributed by atoms with E-state index in [4.69, 9.17) is 0 Å². The van der Waals surface area contributed by atoms with Crippen molar-refractivity contribution in [2.45, 2.75) is 40.2 Å². The Bertz CT molecular complexity index is 1120. The van der Waals surface area contributed by atoms with Crippen LogP contribution in [0.15, 0.2) is 35.4 Å². The summed E-state index contributed by atoms with van der Waals surface area (Å²) in [7, 11) is 0. The summed E-state index contributed by atoms with van der Waals surface area (Å²) < 4.78 is 2.66. The molecule has 1 aromatic carbocycles. The van der Waals surface area contributed by atoms with Crippen molar-refractivity contribution in [2.24, 2.45) is 5.92 Å². The van der Waals surface area contributed by atoms with Crippen LogP contribution >= 0.6 is 0 Å². The van der Waals surface area contributed by atoms with Crippen molar-refractivity contribution in [3.8, 4) is 0 Å². The second-order valence-corrected chi connectivity index (χ2v) is 7.93. The summed E-state index contributed by atoms with van der Waals surface area (Å²) in [6.07, 6.45) is 5.50. The number of nitrogens with zero attached hydrogens (tertiary/aromatic N) is 5. The van der Waals surface area contributed by atoms with Crippen molar-refractivity contribution in [1.82, 2.24) is 19.2 Å². The molecule has 0 bridgehead atoms. The SMILES string of the molecule is Cc1ccc(NC(=O)Cn2nc3c(N4CCC[C@@H](C)C4)nccn3c2=O)cc1C. The van der Waals surface area contributed by atoms with Gasteiger partial charge in [-0.15, -0.1) is 5.10 Å². The summed E-state index contributed by atoms with van der Waals surface area (Å²) in [5.41, 5.74) is 3.11. The topological polar surface area (TPSA) is 84.5 Å². The number of anilines is 2. The lowest BCUT2D eigenvalue weighted by Gasteiger charge is -2.31. The van der Waals surface area contributed by atoms with Crippen molar-refractivity contribution in [3.05, 3.63) is 52.2 Å². The van der Waals surface area contributed by atoms with E-state index in [9.17, 15) is 9.59 Å². The lowest BCUT2D eigenvalue weighted by Crippen LogP contribution is -2.35. The number of amides is 1. The first kappa shape index (κ1) is 19.2. The van der Waals surface area contributed by atoms with E-state index in [0.717, 1.165) is 30.6 Å². The minimum absolute atomic E-state index is 0.150. The lowest BCUT2D eigenvalue weighted by molar-refractivity contribution is -0.117. The molecule has 29 heavy (non-hydrogen) atoms. The van der Waals surface area contributed by atoms with E-state index in [1.807, 2.05) is 32.0 Å². The van der Waals surface area contributed by atoms with Gasteiger partial charge in [0.25, 0.3) is 0 Å². The van der Waals surface area contributed by atoms with Crippen molar-refractivity contribution >= 4 is 23.1 Å². The maximum absolute atomic E-state index is 12.8. The Kier molecular flexibility index (Phi) is 5.08. The number of piperidine rings is 1. The summed E-state index contributed by atoms with van der Waals surface area (Å²) in [5.74, 6) is 0.979. The zero-order valence-corrected chi connectivity index (χ0v) is 17.1. The molecule has 3 aromatic rings. The van der Waals surface area contributed by atoms with Crippen LogP contribution in [0.1, 0.15) is 30.9 Å². The molecule has 3 heterocycles. The average Bonchev–Trinajstić information content (AvgIpc) is 3.00. The number of nitrogens with one attached hydrogen (secondary N) is 1. The number of hydrogen-bond acceptors (Lipinski definition) is 5. The van der Waals surface area contributed by atoms with Crippen LogP contribution in [0.5, 0.6) is 0 Å². The van der Waals surface area contributed by atoms with Gasteiger partial charge in [-0.05, 0) is 55.9 Å². The van der Waals surface area contributed by atoms with Crippen molar-refractivity contribution in [1.29, 1.82) is 0 Å². The number of hydrogen-bond donors (Lipinski definition) is 1. The van der Waals surface area contributed by atoms with Gasteiger partial charge in [-0.2, -0.15) is 0 Å². The third-order valence-corrected chi connectivity index (χ3v) is 5.52. The fourth-order valence-electron chi connectivity index (χ4n) is 3.80. The Labute approximate surface area is 169 Å². The van der Waals surface area contributed by atoms with E-state index in [0.29, 0.717) is 23.1 Å². The van der Waals surface area contributed by atoms with Gasteiger partial charge in [0.15, 0.2) is 5.82 Å². The minimum atomic E-state index is -0.344. The molecule has 1 fully saturated rings. The van der Waals surface area contributed by atoms with Gasteiger partial charge in [-0.1, -0.05) is 13.0 Å². The van der Waals surface area contributed by atoms with Crippen molar-refractivity contribution < 1.29 is 4.79 Å². The van der Waals surface area contributed by atoms with E-state index in [1.54, 1.807) is 12.4 Å². The molecule has 0 aliphatic carbocycles. The summed E-state index contributed by atoms with van der Waals surface area (Å²) in [6.45, 7) is 7.86. The van der Waals surface area contributed by atoms with Gasteiger partial charge in [0.2, 0.25) is 11.6 Å². The molecule has 1 atom stereocenters. The molecular formula is C21H26N6O2. The largest absolute Gasteiger partial charge is 0.353 e. The first-order valence-electron chi connectivity index (χ1n) is 9.98. The fourth-order valence-corrected chi connectivity index (χ4v) is 3.80. The zero-order valence-electron chi connectivity index (χ0n) is 17.1. The highest BCUT2D eigenvalue weighted by Gasteiger charge is 2.22. The molecule has 0 saturated carbocycles. The van der Waals surface area contributed by atoms with E-state index >= 15 is 0 Å². The zero-order chi connectivity index (χ0) is 20.5. The Hall–Kier alpha value is -3.16. The Balaban J connectivity index is 1.58. The highest BCUT2D eigenvalue weighted by molar-refractivity contribution is 5.90. The lowest BCUT2D eigenvalue weighted by atomic mass is 10.0. The molecule has 152 valence electrons. The number of carbonyl (C=O) groups excluding carboxylic acids is 1. The molecule has 0 radical (unpaired) electrons. The van der Waals surface area contributed by atoms with Crippen molar-refractivity contribution in [3.63, 3.8) is 0 Å². The molecule has 1 amide bonds. The third kappa shape index (κ3) is 3.87. The smallest absolute Gasteiger partial charge is 0.350 e. The first-order valence-corrected chi connectivity index (χ1v) is 9.98. The van der Waals surface area contributed by atoms with Gasteiger partial charge in [0.05, 0.1) is 0 Å². The third-order valence-electron chi connectivity index (χ3n) is 5.52. The fraction of sp³-hybridized carbons (Fsp3) is 0.429. The van der Waals surface area contributed by atoms with E-state index in [1.165, 1.54) is 15.5 Å². The van der Waals surface area contributed by atoms with Gasteiger partial charge in [-0.25, -0.2) is 18.9 Å². The number of carbonyl (C=O) groups is 1. The number of aromatic nitrogens is 4. The summed E-state index contributed by atoms with van der Waals surface area (Å²) in [6, 6.07) is 5.73. The Morgan fingerprint density at radius 2 is 2.10 bits per heavy atom. The molecule has 1 aliphatic rings. The van der Waals surface area contributed by atoms with Crippen LogP contribution in [0.4, 0.5) is 11.5 Å². The second kappa shape index (κ2) is 7.69. The molecule has 0 spiro atoms. The van der Waals surface area contributed by atoms with E-state index in [-0.39, 0.29) is 18.1 Å². The van der Waals surface area contributed by atoms with Crippen LogP contribution in [0, 0.1) is 19.8 Å². The molecular weight excluding hydrogens is 368 g/mol. The molecule has 4 rings (SSSR count). The number of rotatable bonds is 4. The number of aryl methyl sites for hydroxylation is 2. The highest BCUT2D eigenvalue weighted by Crippen LogP contribution is 2.23. The van der Waals surface area contributed by atoms with E-state index < -0.39 is 0 Å². The summed E-state index contributed by atoms with van der Waals surface area (Å²) in [5, 5.41) is 7.27. The van der Waals surface area contributed by atoms with Crippen LogP contribution in [-0.4, -0.2) is 38.2 Å². The minimum Gasteiger partial charge on any atom is -0.353 e.